The van der Waals surface area contributed by atoms with Crippen LogP contribution < -0.4 is 23.8 Å². The molecule has 0 aromatic heterocycles. The molecule has 0 fully saturated rings. The number of amides is 2. The van der Waals surface area contributed by atoms with Gasteiger partial charge in [0.05, 0.1) is 33.3 Å². The summed E-state index contributed by atoms with van der Waals surface area (Å²) in [5, 5.41) is 2.71. The molecule has 10 nitrogen and oxygen atoms in total. The average molecular weight is 508 g/mol. The number of benzene rings is 2. The maximum atomic E-state index is 13.5. The van der Waals surface area contributed by atoms with E-state index >= 15 is 0 Å². The van der Waals surface area contributed by atoms with E-state index in [1.807, 2.05) is 0 Å². The summed E-state index contributed by atoms with van der Waals surface area (Å²) in [4.78, 5) is 27.5. The summed E-state index contributed by atoms with van der Waals surface area (Å²) >= 11 is 0. The number of nitrogens with one attached hydrogen (secondary N) is 1. The van der Waals surface area contributed by atoms with Crippen LogP contribution in [-0.4, -0.2) is 71.8 Å². The van der Waals surface area contributed by atoms with Crippen molar-refractivity contribution in [3.05, 3.63) is 48.0 Å². The number of carbonyl (C=O) groups excluding carboxylic acids is 2. The van der Waals surface area contributed by atoms with Gasteiger partial charge in [-0.2, -0.15) is 0 Å². The molecule has 0 aliphatic carbocycles. The zero-order chi connectivity index (χ0) is 26.2. The lowest BCUT2D eigenvalue weighted by atomic mass is 10.1. The first-order valence-electron chi connectivity index (χ1n) is 11.0. The summed E-state index contributed by atoms with van der Waals surface area (Å²) < 4.78 is 42.2. The monoisotopic (exact) mass is 507 g/mol. The van der Waals surface area contributed by atoms with E-state index in [9.17, 15) is 18.0 Å². The highest BCUT2D eigenvalue weighted by atomic mass is 32.2. The molecule has 2 amide bonds. The van der Waals surface area contributed by atoms with Crippen LogP contribution in [-0.2, 0) is 26.2 Å². The predicted molar refractivity (Wildman–Crippen MR) is 133 cm³/mol. The van der Waals surface area contributed by atoms with Gasteiger partial charge in [-0.3, -0.25) is 13.9 Å². The van der Waals surface area contributed by atoms with Gasteiger partial charge in [-0.05, 0) is 43.7 Å². The van der Waals surface area contributed by atoms with Crippen molar-refractivity contribution < 1.29 is 32.2 Å². The zero-order valence-electron chi connectivity index (χ0n) is 20.9. The Kier molecular flexibility index (Phi) is 9.76. The second-order valence-electron chi connectivity index (χ2n) is 7.75. The third-order valence-electron chi connectivity index (χ3n) is 5.36. The highest BCUT2D eigenvalue weighted by Gasteiger charge is 2.31. The molecule has 2 aromatic carbocycles. The molecule has 0 aliphatic rings. The lowest BCUT2D eigenvalue weighted by Gasteiger charge is -2.31. The number of nitrogens with zero attached hydrogens (tertiary/aromatic N) is 2. The van der Waals surface area contributed by atoms with Crippen molar-refractivity contribution in [3.63, 3.8) is 0 Å². The van der Waals surface area contributed by atoms with Crippen molar-refractivity contribution in [1.29, 1.82) is 0 Å². The molecule has 0 saturated carbocycles. The van der Waals surface area contributed by atoms with Gasteiger partial charge in [0, 0.05) is 19.2 Å². The van der Waals surface area contributed by atoms with Crippen LogP contribution in [0.1, 0.15) is 19.4 Å². The van der Waals surface area contributed by atoms with E-state index in [1.165, 1.54) is 25.2 Å². The topological polar surface area (TPSA) is 114 Å². The number of sulfonamides is 1. The summed E-state index contributed by atoms with van der Waals surface area (Å²) in [6.45, 7) is 3.32. The molecule has 192 valence electrons. The van der Waals surface area contributed by atoms with Crippen molar-refractivity contribution in [2.45, 2.75) is 26.4 Å². The Labute approximate surface area is 206 Å². The first kappa shape index (κ1) is 27.8. The van der Waals surface area contributed by atoms with Crippen molar-refractivity contribution in [2.24, 2.45) is 0 Å². The fourth-order valence-electron chi connectivity index (χ4n) is 3.42. The van der Waals surface area contributed by atoms with Gasteiger partial charge in [-0.25, -0.2) is 8.42 Å². The highest BCUT2D eigenvalue weighted by molar-refractivity contribution is 7.92. The fraction of sp³-hybridized carbons (Fsp3) is 0.417. The molecule has 1 atom stereocenters. The van der Waals surface area contributed by atoms with Crippen LogP contribution in [0.4, 0.5) is 5.69 Å². The molecule has 0 spiro atoms. The Morgan fingerprint density at radius 2 is 1.57 bits per heavy atom. The van der Waals surface area contributed by atoms with Gasteiger partial charge in [-0.1, -0.05) is 12.1 Å². The molecule has 11 heteroatoms. The van der Waals surface area contributed by atoms with Crippen LogP contribution in [0.3, 0.4) is 0 Å². The van der Waals surface area contributed by atoms with E-state index in [4.69, 9.17) is 14.2 Å². The largest absolute Gasteiger partial charge is 0.497 e. The summed E-state index contributed by atoms with van der Waals surface area (Å²) in [6, 6.07) is 10.9. The molecule has 0 saturated heterocycles. The van der Waals surface area contributed by atoms with E-state index in [0.717, 1.165) is 16.1 Å². The van der Waals surface area contributed by atoms with Crippen LogP contribution in [0.25, 0.3) is 0 Å². The van der Waals surface area contributed by atoms with Gasteiger partial charge in [0.15, 0.2) is 0 Å². The Balaban J connectivity index is 2.46. The minimum absolute atomic E-state index is 0.0912. The Bertz CT molecular complexity index is 1120. The summed E-state index contributed by atoms with van der Waals surface area (Å²) in [5.41, 5.74) is 0.901. The number of hydrogen-bond donors (Lipinski definition) is 1. The minimum atomic E-state index is -3.91. The molecule has 2 aromatic rings. The molecule has 0 heterocycles. The van der Waals surface area contributed by atoms with E-state index in [2.05, 4.69) is 5.32 Å². The first-order chi connectivity index (χ1) is 16.5. The van der Waals surface area contributed by atoms with Crippen molar-refractivity contribution in [2.75, 3.05) is 45.0 Å². The van der Waals surface area contributed by atoms with E-state index in [1.54, 1.807) is 57.4 Å². The van der Waals surface area contributed by atoms with Crippen LogP contribution in [0.5, 0.6) is 17.2 Å². The van der Waals surface area contributed by atoms with E-state index < -0.39 is 28.5 Å². The van der Waals surface area contributed by atoms with Crippen molar-refractivity contribution >= 4 is 27.5 Å². The summed E-state index contributed by atoms with van der Waals surface area (Å²) in [6.07, 6.45) is 1.00. The average Bonchev–Trinajstić information content (AvgIpc) is 2.84. The predicted octanol–water partition coefficient (Wildman–Crippen LogP) is 2.03. The normalized spacial score (nSPS) is 11.8. The summed E-state index contributed by atoms with van der Waals surface area (Å²) in [7, 11) is 0.495. The first-order valence-corrected chi connectivity index (χ1v) is 12.8. The van der Waals surface area contributed by atoms with Crippen LogP contribution >= 0.6 is 0 Å². The van der Waals surface area contributed by atoms with Crippen molar-refractivity contribution in [1.82, 2.24) is 10.2 Å². The number of likely N-dealkylation sites (N-methyl/N-ethyl adjacent to an activating group) is 1. The van der Waals surface area contributed by atoms with Gasteiger partial charge >= 0.3 is 0 Å². The number of anilines is 1. The maximum absolute atomic E-state index is 13.5. The smallest absolute Gasteiger partial charge is 0.244 e. The molecule has 2 rings (SSSR count). The van der Waals surface area contributed by atoms with E-state index in [0.29, 0.717) is 18.0 Å². The number of hydrogen-bond acceptors (Lipinski definition) is 7. The van der Waals surface area contributed by atoms with E-state index in [-0.39, 0.29) is 23.9 Å². The Morgan fingerprint density at radius 3 is 2.09 bits per heavy atom. The summed E-state index contributed by atoms with van der Waals surface area (Å²) in [5.74, 6) is 0.390. The van der Waals surface area contributed by atoms with Gasteiger partial charge in [-0.15, -0.1) is 0 Å². The minimum Gasteiger partial charge on any atom is -0.497 e. The molecule has 0 aliphatic heterocycles. The maximum Gasteiger partial charge on any atom is 0.244 e. The van der Waals surface area contributed by atoms with Gasteiger partial charge in [0.2, 0.25) is 21.8 Å². The third-order valence-corrected chi connectivity index (χ3v) is 6.49. The number of carbonyl (C=O) groups is 2. The second-order valence-corrected chi connectivity index (χ2v) is 9.65. The molecule has 0 radical (unpaired) electrons. The Morgan fingerprint density at radius 1 is 0.971 bits per heavy atom. The highest BCUT2D eigenvalue weighted by Crippen LogP contribution is 2.34. The fourth-order valence-corrected chi connectivity index (χ4v) is 4.26. The lowest BCUT2D eigenvalue weighted by molar-refractivity contribution is -0.139. The van der Waals surface area contributed by atoms with Gasteiger partial charge in [0.25, 0.3) is 0 Å². The Hall–Kier alpha value is -3.47. The molecular formula is C24H33N3O7S. The lowest BCUT2D eigenvalue weighted by Crippen LogP contribution is -2.51. The number of rotatable bonds is 12. The number of ether oxygens (including phenoxy) is 3. The quantitative estimate of drug-likeness (QED) is 0.468. The second kappa shape index (κ2) is 12.3. The van der Waals surface area contributed by atoms with Gasteiger partial charge < -0.3 is 24.4 Å². The SMILES string of the molecule is CCNC(=O)C(C)N(Cc1ccc(OC)cc1)C(=O)CN(c1cc(OC)ccc1OC)S(C)(=O)=O. The van der Waals surface area contributed by atoms with Crippen LogP contribution in [0.15, 0.2) is 42.5 Å². The third kappa shape index (κ3) is 7.25. The molecule has 0 bridgehead atoms. The standard InChI is InChI=1S/C24H33N3O7S/c1-7-25-24(29)17(2)26(15-18-8-10-19(32-3)11-9-18)23(28)16-27(35(6,30)31)21-14-20(33-4)12-13-22(21)34-5/h8-14,17H,7,15-16H2,1-6H3,(H,25,29). The van der Waals surface area contributed by atoms with Crippen LogP contribution in [0, 0.1) is 0 Å². The van der Waals surface area contributed by atoms with Crippen LogP contribution in [0.2, 0.25) is 0 Å². The zero-order valence-corrected chi connectivity index (χ0v) is 21.7. The van der Waals surface area contributed by atoms with Gasteiger partial charge in [0.1, 0.15) is 29.8 Å². The number of methoxy groups -OCH3 is 3. The molecule has 1 unspecified atom stereocenters. The molecule has 35 heavy (non-hydrogen) atoms. The molecular weight excluding hydrogens is 474 g/mol. The van der Waals surface area contributed by atoms with Crippen molar-refractivity contribution in [3.8, 4) is 17.2 Å². The molecule has 1 N–H and O–H groups in total.